The van der Waals surface area contributed by atoms with Crippen molar-refractivity contribution >= 4 is 33.5 Å². The number of nitrogens with one attached hydrogen (secondary N) is 2. The molecule has 0 spiro atoms. The van der Waals surface area contributed by atoms with Crippen molar-refractivity contribution in [3.8, 4) is 0 Å². The van der Waals surface area contributed by atoms with Crippen molar-refractivity contribution in [1.29, 1.82) is 0 Å². The molecular weight excluding hydrogens is 300 g/mol. The molecule has 1 heterocycles. The summed E-state index contributed by atoms with van der Waals surface area (Å²) < 4.78 is 0.634. The number of carbonyl (C=O) groups excluding carboxylic acids is 1. The van der Waals surface area contributed by atoms with Gasteiger partial charge in [-0.25, -0.2) is 15.8 Å². The van der Waals surface area contributed by atoms with Gasteiger partial charge in [0.1, 0.15) is 16.6 Å². The second-order valence-electron chi connectivity index (χ2n) is 4.20. The van der Waals surface area contributed by atoms with Crippen LogP contribution in [0.15, 0.2) is 10.8 Å². The van der Waals surface area contributed by atoms with E-state index in [1.165, 1.54) is 6.33 Å². The van der Waals surface area contributed by atoms with Crippen LogP contribution in [0, 0.1) is 0 Å². The van der Waals surface area contributed by atoms with Crippen molar-refractivity contribution in [2.24, 2.45) is 5.84 Å². The third-order valence-corrected chi connectivity index (χ3v) is 3.32. The molecule has 0 bridgehead atoms. The molecule has 7 nitrogen and oxygen atoms in total. The van der Waals surface area contributed by atoms with Gasteiger partial charge in [-0.2, -0.15) is 0 Å². The quantitative estimate of drug-likeness (QED) is 0.532. The van der Waals surface area contributed by atoms with E-state index in [0.29, 0.717) is 22.2 Å². The molecule has 4 N–H and O–H groups in total. The third-order valence-electron chi connectivity index (χ3n) is 2.59. The van der Waals surface area contributed by atoms with Crippen LogP contribution in [-0.2, 0) is 4.79 Å². The monoisotopic (exact) mass is 314 g/mol. The van der Waals surface area contributed by atoms with Gasteiger partial charge in [0.2, 0.25) is 5.91 Å². The van der Waals surface area contributed by atoms with Gasteiger partial charge < -0.3 is 15.6 Å². The van der Waals surface area contributed by atoms with Crippen molar-refractivity contribution in [3.63, 3.8) is 0 Å². The first kappa shape index (κ1) is 13.0. The minimum atomic E-state index is -0.00669. The number of amides is 1. The number of likely N-dealkylation sites (N-methyl/N-ethyl adjacent to an activating group) is 1. The zero-order valence-corrected chi connectivity index (χ0v) is 11.6. The van der Waals surface area contributed by atoms with E-state index in [-0.39, 0.29) is 12.5 Å². The van der Waals surface area contributed by atoms with Crippen LogP contribution in [0.25, 0.3) is 0 Å². The number of carbonyl (C=O) groups is 1. The SMILES string of the molecule is CN(CC(=O)NC1CC1)c1ncnc(NN)c1Br. The second-order valence-corrected chi connectivity index (χ2v) is 5.00. The number of hydrazine groups is 1. The van der Waals surface area contributed by atoms with Gasteiger partial charge in [-0.3, -0.25) is 4.79 Å². The van der Waals surface area contributed by atoms with Crippen LogP contribution in [0.2, 0.25) is 0 Å². The van der Waals surface area contributed by atoms with Crippen molar-refractivity contribution in [3.05, 3.63) is 10.8 Å². The molecule has 8 heteroatoms. The van der Waals surface area contributed by atoms with E-state index >= 15 is 0 Å². The Hall–Kier alpha value is -1.41. The molecule has 1 aromatic heterocycles. The van der Waals surface area contributed by atoms with Gasteiger partial charge in [-0.1, -0.05) is 0 Å². The van der Waals surface area contributed by atoms with Crippen molar-refractivity contribution in [2.45, 2.75) is 18.9 Å². The number of nitrogens with zero attached hydrogens (tertiary/aromatic N) is 3. The molecule has 1 aliphatic rings. The predicted octanol–water partition coefficient (Wildman–Crippen LogP) is 0.239. The van der Waals surface area contributed by atoms with Crippen LogP contribution >= 0.6 is 15.9 Å². The first-order valence-corrected chi connectivity index (χ1v) is 6.38. The van der Waals surface area contributed by atoms with Gasteiger partial charge in [-0.15, -0.1) is 0 Å². The predicted molar refractivity (Wildman–Crippen MR) is 72.0 cm³/mol. The first-order valence-electron chi connectivity index (χ1n) is 5.59. The Morgan fingerprint density at radius 1 is 1.61 bits per heavy atom. The smallest absolute Gasteiger partial charge is 0.239 e. The lowest BCUT2D eigenvalue weighted by atomic mass is 10.4. The molecule has 1 fully saturated rings. The van der Waals surface area contributed by atoms with Crippen molar-refractivity contribution in [2.75, 3.05) is 23.9 Å². The Labute approximate surface area is 113 Å². The van der Waals surface area contributed by atoms with Gasteiger partial charge in [0.15, 0.2) is 5.82 Å². The van der Waals surface area contributed by atoms with Gasteiger partial charge in [0, 0.05) is 13.1 Å². The molecule has 0 aromatic carbocycles. The van der Waals surface area contributed by atoms with Gasteiger partial charge >= 0.3 is 0 Å². The highest BCUT2D eigenvalue weighted by Crippen LogP contribution is 2.28. The number of hydrogen-bond donors (Lipinski definition) is 3. The van der Waals surface area contributed by atoms with E-state index in [4.69, 9.17) is 5.84 Å². The maximum absolute atomic E-state index is 11.7. The fourth-order valence-corrected chi connectivity index (χ4v) is 2.14. The van der Waals surface area contributed by atoms with E-state index in [1.807, 2.05) is 0 Å². The largest absolute Gasteiger partial charge is 0.352 e. The summed E-state index contributed by atoms with van der Waals surface area (Å²) in [6, 6.07) is 0.362. The summed E-state index contributed by atoms with van der Waals surface area (Å²) >= 11 is 3.35. The molecule has 1 saturated carbocycles. The molecule has 0 aliphatic heterocycles. The van der Waals surface area contributed by atoms with Crippen LogP contribution in [0.4, 0.5) is 11.6 Å². The molecule has 0 atom stereocenters. The van der Waals surface area contributed by atoms with Gasteiger partial charge in [0.05, 0.1) is 6.54 Å². The summed E-state index contributed by atoms with van der Waals surface area (Å²) in [5, 5.41) is 2.92. The molecule has 0 unspecified atom stereocenters. The Morgan fingerprint density at radius 3 is 2.94 bits per heavy atom. The average molecular weight is 315 g/mol. The van der Waals surface area contributed by atoms with Crippen molar-refractivity contribution < 1.29 is 4.79 Å². The standard InChI is InChI=1S/C10H15BrN6O/c1-17(4-7(18)15-6-2-3-6)10-8(11)9(16-12)13-5-14-10/h5-6H,2-4,12H2,1H3,(H,15,18)(H,13,14,16). The van der Waals surface area contributed by atoms with Crippen LogP contribution in [-0.4, -0.2) is 35.5 Å². The lowest BCUT2D eigenvalue weighted by Crippen LogP contribution is -2.36. The summed E-state index contributed by atoms with van der Waals surface area (Å²) in [4.78, 5) is 21.5. The molecular formula is C10H15BrN6O. The number of nitrogen functional groups attached to an aromatic ring is 1. The molecule has 0 saturated heterocycles. The number of aromatic nitrogens is 2. The Bertz CT molecular complexity index is 450. The van der Waals surface area contributed by atoms with E-state index in [1.54, 1.807) is 11.9 Å². The van der Waals surface area contributed by atoms with Crippen LogP contribution < -0.4 is 21.5 Å². The lowest BCUT2D eigenvalue weighted by molar-refractivity contribution is -0.119. The summed E-state index contributed by atoms with van der Waals surface area (Å²) in [7, 11) is 1.79. The fourth-order valence-electron chi connectivity index (χ4n) is 1.52. The van der Waals surface area contributed by atoms with Crippen LogP contribution in [0.5, 0.6) is 0 Å². The zero-order chi connectivity index (χ0) is 13.1. The molecule has 18 heavy (non-hydrogen) atoms. The molecule has 1 aliphatic carbocycles. The average Bonchev–Trinajstić information content (AvgIpc) is 3.12. The summed E-state index contributed by atoms with van der Waals surface area (Å²) in [5.41, 5.74) is 2.46. The van der Waals surface area contributed by atoms with E-state index in [2.05, 4.69) is 36.6 Å². The number of hydrogen-bond acceptors (Lipinski definition) is 6. The maximum atomic E-state index is 11.7. The van der Waals surface area contributed by atoms with E-state index in [9.17, 15) is 4.79 Å². The Balaban J connectivity index is 2.03. The minimum absolute atomic E-state index is 0.00669. The van der Waals surface area contributed by atoms with E-state index < -0.39 is 0 Å². The number of nitrogens with two attached hydrogens (primary N) is 1. The maximum Gasteiger partial charge on any atom is 0.239 e. The topological polar surface area (TPSA) is 96.2 Å². The zero-order valence-electron chi connectivity index (χ0n) is 9.98. The van der Waals surface area contributed by atoms with Crippen LogP contribution in [0.1, 0.15) is 12.8 Å². The number of halogens is 1. The highest BCUT2D eigenvalue weighted by atomic mass is 79.9. The molecule has 0 radical (unpaired) electrons. The molecule has 1 aromatic rings. The van der Waals surface area contributed by atoms with Gasteiger partial charge in [0.25, 0.3) is 0 Å². The van der Waals surface area contributed by atoms with Crippen LogP contribution in [0.3, 0.4) is 0 Å². The fraction of sp³-hybridized carbons (Fsp3) is 0.500. The molecule has 1 amide bonds. The number of anilines is 2. The Morgan fingerprint density at radius 2 is 2.33 bits per heavy atom. The second kappa shape index (κ2) is 5.49. The normalized spacial score (nSPS) is 14.2. The summed E-state index contributed by atoms with van der Waals surface area (Å²) in [6.45, 7) is 0.246. The first-order chi connectivity index (χ1) is 8.61. The minimum Gasteiger partial charge on any atom is -0.352 e. The summed E-state index contributed by atoms with van der Waals surface area (Å²) in [6.07, 6.45) is 3.55. The highest BCUT2D eigenvalue weighted by Gasteiger charge is 2.24. The molecule has 2 rings (SSSR count). The lowest BCUT2D eigenvalue weighted by Gasteiger charge is -2.19. The summed E-state index contributed by atoms with van der Waals surface area (Å²) in [5.74, 6) is 6.42. The van der Waals surface area contributed by atoms with Crippen molar-refractivity contribution in [1.82, 2.24) is 15.3 Å². The number of rotatable bonds is 5. The molecule has 98 valence electrons. The highest BCUT2D eigenvalue weighted by molar-refractivity contribution is 9.10. The van der Waals surface area contributed by atoms with Gasteiger partial charge in [-0.05, 0) is 28.8 Å². The third kappa shape index (κ3) is 3.08. The van der Waals surface area contributed by atoms with E-state index in [0.717, 1.165) is 12.8 Å². The Kier molecular flexibility index (Phi) is 3.97.